The summed E-state index contributed by atoms with van der Waals surface area (Å²) in [7, 11) is 1.78. The zero-order valence-corrected chi connectivity index (χ0v) is 15.6. The quantitative estimate of drug-likeness (QED) is 0.571. The van der Waals surface area contributed by atoms with Gasteiger partial charge in [-0.3, -0.25) is 4.99 Å². The van der Waals surface area contributed by atoms with Gasteiger partial charge in [-0.25, -0.2) is 4.98 Å². The maximum atomic E-state index is 5.73. The SMILES string of the molecule is CN=C(NCCn1ccnc1)NC(C)c1ccc(OCC(C)C)cc1. The highest BCUT2D eigenvalue weighted by Gasteiger charge is 2.08. The Bertz CT molecular complexity index is 634. The molecule has 1 unspecified atom stereocenters. The van der Waals surface area contributed by atoms with E-state index in [0.717, 1.165) is 31.4 Å². The first-order valence-electron chi connectivity index (χ1n) is 8.74. The molecule has 0 aliphatic heterocycles. The lowest BCUT2D eigenvalue weighted by Crippen LogP contribution is -2.40. The highest BCUT2D eigenvalue weighted by Crippen LogP contribution is 2.18. The summed E-state index contributed by atoms with van der Waals surface area (Å²) in [4.78, 5) is 8.32. The maximum absolute atomic E-state index is 5.73. The normalized spacial score (nSPS) is 12.9. The number of nitrogens with one attached hydrogen (secondary N) is 2. The molecule has 2 rings (SSSR count). The number of hydrogen-bond acceptors (Lipinski definition) is 3. The van der Waals surface area contributed by atoms with E-state index in [9.17, 15) is 0 Å². The fourth-order valence-corrected chi connectivity index (χ4v) is 2.32. The number of hydrogen-bond donors (Lipinski definition) is 2. The van der Waals surface area contributed by atoms with E-state index in [2.05, 4.69) is 53.5 Å². The minimum absolute atomic E-state index is 0.151. The standard InChI is InChI=1S/C19H29N5O/c1-15(2)13-25-18-7-5-17(6-8-18)16(3)23-19(20-4)22-10-12-24-11-9-21-14-24/h5-9,11,14-16H,10,12-13H2,1-4H3,(H2,20,22,23). The molecule has 0 radical (unpaired) electrons. The average molecular weight is 343 g/mol. The predicted molar refractivity (Wildman–Crippen MR) is 102 cm³/mol. The Morgan fingerprint density at radius 1 is 1.24 bits per heavy atom. The van der Waals surface area contributed by atoms with Crippen molar-refractivity contribution in [3.05, 3.63) is 48.5 Å². The molecule has 0 amide bonds. The van der Waals surface area contributed by atoms with E-state index in [-0.39, 0.29) is 6.04 Å². The molecule has 136 valence electrons. The number of aliphatic imine (C=N–C) groups is 1. The van der Waals surface area contributed by atoms with Gasteiger partial charge in [-0.15, -0.1) is 0 Å². The number of nitrogens with zero attached hydrogens (tertiary/aromatic N) is 3. The highest BCUT2D eigenvalue weighted by atomic mass is 16.5. The lowest BCUT2D eigenvalue weighted by molar-refractivity contribution is 0.271. The minimum atomic E-state index is 0.151. The number of benzene rings is 1. The predicted octanol–water partition coefficient (Wildman–Crippen LogP) is 2.84. The zero-order valence-electron chi connectivity index (χ0n) is 15.6. The van der Waals surface area contributed by atoms with Crippen LogP contribution in [0.25, 0.3) is 0 Å². The van der Waals surface area contributed by atoms with Gasteiger partial charge >= 0.3 is 0 Å². The van der Waals surface area contributed by atoms with Crippen LogP contribution in [0.15, 0.2) is 48.0 Å². The van der Waals surface area contributed by atoms with E-state index in [4.69, 9.17) is 4.74 Å². The Morgan fingerprint density at radius 3 is 2.60 bits per heavy atom. The van der Waals surface area contributed by atoms with Gasteiger partial charge in [0, 0.05) is 32.5 Å². The molecule has 0 bridgehead atoms. The molecule has 1 aromatic carbocycles. The van der Waals surface area contributed by atoms with Crippen LogP contribution < -0.4 is 15.4 Å². The second-order valence-corrected chi connectivity index (χ2v) is 6.44. The van der Waals surface area contributed by atoms with Crippen LogP contribution in [0.4, 0.5) is 0 Å². The van der Waals surface area contributed by atoms with E-state index in [1.165, 1.54) is 5.56 Å². The number of guanidine groups is 1. The molecule has 0 saturated carbocycles. The van der Waals surface area contributed by atoms with Crippen molar-refractivity contribution >= 4 is 5.96 Å². The van der Waals surface area contributed by atoms with Gasteiger partial charge in [0.2, 0.25) is 0 Å². The third-order valence-electron chi connectivity index (χ3n) is 3.76. The second kappa shape index (κ2) is 9.71. The zero-order chi connectivity index (χ0) is 18.1. The number of aromatic nitrogens is 2. The van der Waals surface area contributed by atoms with Crippen LogP contribution >= 0.6 is 0 Å². The van der Waals surface area contributed by atoms with E-state index in [0.29, 0.717) is 5.92 Å². The van der Waals surface area contributed by atoms with E-state index < -0.39 is 0 Å². The topological polar surface area (TPSA) is 63.5 Å². The van der Waals surface area contributed by atoms with Crippen molar-refractivity contribution in [3.63, 3.8) is 0 Å². The molecule has 6 heteroatoms. The third kappa shape index (κ3) is 6.49. The summed E-state index contributed by atoms with van der Waals surface area (Å²) >= 11 is 0. The van der Waals surface area contributed by atoms with E-state index in [1.54, 1.807) is 13.2 Å². The van der Waals surface area contributed by atoms with Gasteiger partial charge in [-0.2, -0.15) is 0 Å². The summed E-state index contributed by atoms with van der Waals surface area (Å²) in [5.41, 5.74) is 1.19. The Morgan fingerprint density at radius 2 is 2.00 bits per heavy atom. The summed E-state index contributed by atoms with van der Waals surface area (Å²) in [6, 6.07) is 8.37. The van der Waals surface area contributed by atoms with Gasteiger partial charge in [0.25, 0.3) is 0 Å². The van der Waals surface area contributed by atoms with Gasteiger partial charge in [0.05, 0.1) is 19.0 Å². The monoisotopic (exact) mass is 343 g/mol. The van der Waals surface area contributed by atoms with Gasteiger partial charge in [-0.1, -0.05) is 26.0 Å². The molecule has 2 N–H and O–H groups in total. The smallest absolute Gasteiger partial charge is 0.191 e. The van der Waals surface area contributed by atoms with Crippen molar-refractivity contribution in [2.24, 2.45) is 10.9 Å². The minimum Gasteiger partial charge on any atom is -0.493 e. The molecule has 0 saturated heterocycles. The first kappa shape index (κ1) is 18.8. The lowest BCUT2D eigenvalue weighted by atomic mass is 10.1. The summed E-state index contributed by atoms with van der Waals surface area (Å²) in [5, 5.41) is 6.72. The largest absolute Gasteiger partial charge is 0.493 e. The Labute approximate surface area is 150 Å². The highest BCUT2D eigenvalue weighted by molar-refractivity contribution is 5.80. The van der Waals surface area contributed by atoms with Crippen LogP contribution in [0.5, 0.6) is 5.75 Å². The Kier molecular flexibility index (Phi) is 7.32. The van der Waals surface area contributed by atoms with Crippen molar-refractivity contribution in [2.75, 3.05) is 20.2 Å². The maximum Gasteiger partial charge on any atom is 0.191 e. The fourth-order valence-electron chi connectivity index (χ4n) is 2.32. The van der Waals surface area contributed by atoms with Crippen molar-refractivity contribution < 1.29 is 4.74 Å². The van der Waals surface area contributed by atoms with Crippen LogP contribution in [-0.2, 0) is 6.54 Å². The fraction of sp³-hybridized carbons (Fsp3) is 0.474. The van der Waals surface area contributed by atoms with Crippen molar-refractivity contribution in [3.8, 4) is 5.75 Å². The molecular weight excluding hydrogens is 314 g/mol. The molecule has 0 spiro atoms. The van der Waals surface area contributed by atoms with Crippen LogP contribution in [0, 0.1) is 5.92 Å². The summed E-state index contributed by atoms with van der Waals surface area (Å²) < 4.78 is 7.76. The van der Waals surface area contributed by atoms with Crippen LogP contribution in [0.2, 0.25) is 0 Å². The summed E-state index contributed by atoms with van der Waals surface area (Å²) in [6.45, 7) is 8.77. The lowest BCUT2D eigenvalue weighted by Gasteiger charge is -2.19. The third-order valence-corrected chi connectivity index (χ3v) is 3.76. The molecule has 6 nitrogen and oxygen atoms in total. The van der Waals surface area contributed by atoms with Gasteiger partial charge in [0.1, 0.15) is 5.75 Å². The number of imidazole rings is 1. The van der Waals surface area contributed by atoms with Crippen LogP contribution in [0.3, 0.4) is 0 Å². The molecule has 0 aliphatic rings. The Balaban J connectivity index is 1.81. The van der Waals surface area contributed by atoms with Crippen molar-refractivity contribution in [2.45, 2.75) is 33.4 Å². The second-order valence-electron chi connectivity index (χ2n) is 6.44. The first-order valence-corrected chi connectivity index (χ1v) is 8.74. The molecule has 1 atom stereocenters. The number of ether oxygens (including phenoxy) is 1. The molecule has 2 aromatic rings. The molecule has 1 heterocycles. The average Bonchev–Trinajstić information content (AvgIpc) is 3.12. The number of rotatable bonds is 8. The van der Waals surface area contributed by atoms with E-state index in [1.807, 2.05) is 29.2 Å². The van der Waals surface area contributed by atoms with E-state index >= 15 is 0 Å². The van der Waals surface area contributed by atoms with Gasteiger partial charge in [0.15, 0.2) is 5.96 Å². The molecule has 0 fully saturated rings. The molecule has 25 heavy (non-hydrogen) atoms. The molecule has 0 aliphatic carbocycles. The van der Waals surface area contributed by atoms with Crippen molar-refractivity contribution in [1.29, 1.82) is 0 Å². The van der Waals surface area contributed by atoms with Gasteiger partial charge in [-0.05, 0) is 30.5 Å². The summed E-state index contributed by atoms with van der Waals surface area (Å²) in [6.07, 6.45) is 5.54. The summed E-state index contributed by atoms with van der Waals surface area (Å²) in [5.74, 6) is 2.22. The molecular formula is C19H29N5O. The van der Waals surface area contributed by atoms with Crippen LogP contribution in [-0.4, -0.2) is 35.7 Å². The first-order chi connectivity index (χ1) is 12.1. The van der Waals surface area contributed by atoms with Crippen LogP contribution in [0.1, 0.15) is 32.4 Å². The van der Waals surface area contributed by atoms with Crippen molar-refractivity contribution in [1.82, 2.24) is 20.2 Å². The van der Waals surface area contributed by atoms with Gasteiger partial charge < -0.3 is 19.9 Å². The molecule has 1 aromatic heterocycles. The Hall–Kier alpha value is -2.50.